The van der Waals surface area contributed by atoms with Crippen LogP contribution >= 0.6 is 11.6 Å². The van der Waals surface area contributed by atoms with Crippen molar-refractivity contribution in [3.05, 3.63) is 40.9 Å². The van der Waals surface area contributed by atoms with Crippen molar-refractivity contribution in [2.75, 3.05) is 0 Å². The summed E-state index contributed by atoms with van der Waals surface area (Å²) in [5.74, 6) is 5.26. The van der Waals surface area contributed by atoms with Crippen LogP contribution in [-0.4, -0.2) is 14.8 Å². The van der Waals surface area contributed by atoms with Gasteiger partial charge in [-0.15, -0.1) is 0 Å². The monoisotopic (exact) mass is 313 g/mol. The van der Waals surface area contributed by atoms with Gasteiger partial charge < -0.3 is 0 Å². The van der Waals surface area contributed by atoms with Crippen LogP contribution in [0.1, 0.15) is 62.0 Å². The second-order valence-electron chi connectivity index (χ2n) is 7.19. The smallest absolute Gasteiger partial charge is 0.154 e. The Kier molecular flexibility index (Phi) is 2.88. The van der Waals surface area contributed by atoms with Gasteiger partial charge in [-0.3, -0.25) is 0 Å². The quantitative estimate of drug-likeness (QED) is 0.819. The van der Waals surface area contributed by atoms with E-state index in [0.717, 1.165) is 28.4 Å². The fourth-order valence-corrected chi connectivity index (χ4v) is 3.96. The molecule has 3 fully saturated rings. The highest BCUT2D eigenvalue weighted by Crippen LogP contribution is 2.59. The van der Waals surface area contributed by atoms with Crippen LogP contribution in [0.3, 0.4) is 0 Å². The Hall–Kier alpha value is -1.35. The van der Waals surface area contributed by atoms with Gasteiger partial charge >= 0.3 is 0 Å². The molecule has 0 saturated heterocycles. The predicted molar refractivity (Wildman–Crippen MR) is 86.5 cm³/mol. The minimum atomic E-state index is 0.581. The van der Waals surface area contributed by atoms with E-state index in [4.69, 9.17) is 21.7 Å². The first kappa shape index (κ1) is 13.1. The summed E-state index contributed by atoms with van der Waals surface area (Å²) in [7, 11) is 0. The molecule has 1 heterocycles. The number of nitrogens with zero attached hydrogens (tertiary/aromatic N) is 3. The van der Waals surface area contributed by atoms with Gasteiger partial charge in [-0.1, -0.05) is 24.1 Å². The lowest BCUT2D eigenvalue weighted by Crippen LogP contribution is -2.11. The molecule has 2 aromatic rings. The van der Waals surface area contributed by atoms with Gasteiger partial charge in [0.25, 0.3) is 0 Å². The second kappa shape index (κ2) is 4.82. The zero-order chi connectivity index (χ0) is 14.7. The van der Waals surface area contributed by atoms with E-state index in [1.807, 2.05) is 18.2 Å². The zero-order valence-electron chi connectivity index (χ0n) is 12.6. The van der Waals surface area contributed by atoms with Gasteiger partial charge in [0.05, 0.1) is 5.69 Å². The molecule has 4 heteroatoms. The molecule has 0 amide bonds. The summed E-state index contributed by atoms with van der Waals surface area (Å²) in [4.78, 5) is 4.97. The van der Waals surface area contributed by atoms with Crippen LogP contribution in [0.2, 0.25) is 5.02 Å². The van der Waals surface area contributed by atoms with E-state index < -0.39 is 0 Å². The summed E-state index contributed by atoms with van der Waals surface area (Å²) in [5, 5.41) is 5.63. The Balaban J connectivity index is 1.54. The maximum Gasteiger partial charge on any atom is 0.154 e. The minimum Gasteiger partial charge on any atom is -0.217 e. The van der Waals surface area contributed by atoms with Gasteiger partial charge in [-0.05, 0) is 62.1 Å². The molecule has 0 unspecified atom stereocenters. The SMILES string of the molecule is Clc1cccc(-n2nc(C3CCC3)nc2[C@@H]2C[C@H]2C2CC2)c1. The normalized spacial score (nSPS) is 27.7. The third-order valence-electron chi connectivity index (χ3n) is 5.57. The highest BCUT2D eigenvalue weighted by atomic mass is 35.5. The molecule has 1 aromatic carbocycles. The molecule has 3 aliphatic rings. The van der Waals surface area contributed by atoms with Gasteiger partial charge in [0.15, 0.2) is 5.82 Å². The van der Waals surface area contributed by atoms with E-state index in [1.165, 1.54) is 44.3 Å². The topological polar surface area (TPSA) is 30.7 Å². The minimum absolute atomic E-state index is 0.581. The fourth-order valence-electron chi connectivity index (χ4n) is 3.77. The molecule has 3 aliphatic carbocycles. The van der Waals surface area contributed by atoms with Crippen LogP contribution in [0, 0.1) is 11.8 Å². The largest absolute Gasteiger partial charge is 0.217 e. The summed E-state index contributed by atoms with van der Waals surface area (Å²) in [5.41, 5.74) is 1.06. The average molecular weight is 314 g/mol. The molecule has 0 N–H and O–H groups in total. The van der Waals surface area contributed by atoms with Crippen LogP contribution in [0.5, 0.6) is 0 Å². The highest BCUT2D eigenvalue weighted by Gasteiger charge is 2.50. The van der Waals surface area contributed by atoms with E-state index in [2.05, 4.69) is 10.7 Å². The molecule has 0 radical (unpaired) electrons. The first-order valence-electron chi connectivity index (χ1n) is 8.52. The molecule has 5 rings (SSSR count). The van der Waals surface area contributed by atoms with Crippen molar-refractivity contribution in [2.45, 2.75) is 50.4 Å². The van der Waals surface area contributed by atoms with Gasteiger partial charge in [-0.2, -0.15) is 5.10 Å². The molecule has 1 aromatic heterocycles. The van der Waals surface area contributed by atoms with Crippen molar-refractivity contribution in [1.29, 1.82) is 0 Å². The number of rotatable bonds is 4. The first-order chi connectivity index (χ1) is 10.8. The number of aromatic nitrogens is 3. The highest BCUT2D eigenvalue weighted by molar-refractivity contribution is 6.30. The summed E-state index contributed by atoms with van der Waals surface area (Å²) in [6.07, 6.45) is 7.95. The van der Waals surface area contributed by atoms with E-state index in [0.29, 0.717) is 11.8 Å². The molecule has 0 spiro atoms. The molecule has 114 valence electrons. The van der Waals surface area contributed by atoms with Crippen LogP contribution in [0.25, 0.3) is 5.69 Å². The van der Waals surface area contributed by atoms with Crippen molar-refractivity contribution in [2.24, 2.45) is 11.8 Å². The van der Waals surface area contributed by atoms with E-state index in [-0.39, 0.29) is 0 Å². The molecule has 3 saturated carbocycles. The summed E-state index contributed by atoms with van der Waals surface area (Å²) in [6, 6.07) is 8.00. The number of halogens is 1. The van der Waals surface area contributed by atoms with Crippen molar-refractivity contribution >= 4 is 11.6 Å². The standard InChI is InChI=1S/C18H20ClN3/c19-13-5-2-6-14(9-13)22-18(16-10-15(16)11-7-8-11)20-17(21-22)12-3-1-4-12/h2,5-6,9,11-12,15-16H,1,3-4,7-8,10H2/t15-,16+/m0/s1. The van der Waals surface area contributed by atoms with Crippen LogP contribution in [0.4, 0.5) is 0 Å². The molecule has 2 atom stereocenters. The van der Waals surface area contributed by atoms with Crippen molar-refractivity contribution in [1.82, 2.24) is 14.8 Å². The zero-order valence-corrected chi connectivity index (χ0v) is 13.3. The molecule has 22 heavy (non-hydrogen) atoms. The maximum atomic E-state index is 6.18. The Morgan fingerprint density at radius 2 is 2.00 bits per heavy atom. The lowest BCUT2D eigenvalue weighted by molar-refractivity contribution is 0.401. The van der Waals surface area contributed by atoms with Crippen molar-refractivity contribution < 1.29 is 0 Å². The molecular weight excluding hydrogens is 294 g/mol. The summed E-state index contributed by atoms with van der Waals surface area (Å²) in [6.45, 7) is 0. The maximum absolute atomic E-state index is 6.18. The third kappa shape index (κ3) is 2.18. The molecular formula is C18H20ClN3. The molecule has 0 aliphatic heterocycles. The van der Waals surface area contributed by atoms with E-state index in [9.17, 15) is 0 Å². The Bertz CT molecular complexity index is 715. The molecule has 0 bridgehead atoms. The lowest BCUT2D eigenvalue weighted by Gasteiger charge is -2.21. The average Bonchev–Trinajstić information content (AvgIpc) is 3.34. The number of benzene rings is 1. The Morgan fingerprint density at radius 1 is 1.14 bits per heavy atom. The Labute approximate surface area is 135 Å². The number of hydrogen-bond donors (Lipinski definition) is 0. The predicted octanol–water partition coefficient (Wildman–Crippen LogP) is 4.70. The van der Waals surface area contributed by atoms with Gasteiger partial charge in [0, 0.05) is 16.9 Å². The van der Waals surface area contributed by atoms with E-state index in [1.54, 1.807) is 0 Å². The summed E-state index contributed by atoms with van der Waals surface area (Å²) < 4.78 is 2.08. The fraction of sp³-hybridized carbons (Fsp3) is 0.556. The van der Waals surface area contributed by atoms with Gasteiger partial charge in [-0.25, -0.2) is 9.67 Å². The first-order valence-corrected chi connectivity index (χ1v) is 8.90. The number of hydrogen-bond acceptors (Lipinski definition) is 2. The summed E-state index contributed by atoms with van der Waals surface area (Å²) >= 11 is 6.18. The van der Waals surface area contributed by atoms with Crippen LogP contribution in [-0.2, 0) is 0 Å². The van der Waals surface area contributed by atoms with Gasteiger partial charge in [0.1, 0.15) is 5.82 Å². The van der Waals surface area contributed by atoms with Crippen molar-refractivity contribution in [3.63, 3.8) is 0 Å². The second-order valence-corrected chi connectivity index (χ2v) is 7.63. The van der Waals surface area contributed by atoms with Crippen LogP contribution in [0.15, 0.2) is 24.3 Å². The molecule has 3 nitrogen and oxygen atoms in total. The van der Waals surface area contributed by atoms with E-state index >= 15 is 0 Å². The Morgan fingerprint density at radius 3 is 2.68 bits per heavy atom. The van der Waals surface area contributed by atoms with Crippen molar-refractivity contribution in [3.8, 4) is 5.69 Å². The lowest BCUT2D eigenvalue weighted by atomic mass is 9.85. The van der Waals surface area contributed by atoms with Gasteiger partial charge in [0.2, 0.25) is 0 Å². The third-order valence-corrected chi connectivity index (χ3v) is 5.81. The van der Waals surface area contributed by atoms with Crippen LogP contribution < -0.4 is 0 Å².